The molecular weight excluding hydrogens is 204 g/mol. The lowest BCUT2D eigenvalue weighted by Crippen LogP contribution is -2.51. The molecule has 0 radical (unpaired) electrons. The number of nitrogens with zero attached hydrogens (tertiary/aromatic N) is 1. The van der Waals surface area contributed by atoms with Gasteiger partial charge in [-0.3, -0.25) is 4.90 Å². The first-order valence-electron chi connectivity index (χ1n) is 6.40. The Morgan fingerprint density at radius 2 is 2.19 bits per heavy atom. The van der Waals surface area contributed by atoms with E-state index in [-0.39, 0.29) is 0 Å². The van der Waals surface area contributed by atoms with Gasteiger partial charge in [-0.05, 0) is 12.8 Å². The Kier molecular flexibility index (Phi) is 7.76. The predicted molar refractivity (Wildman–Crippen MR) is 65.8 cm³/mol. The number of ether oxygens (including phenoxy) is 2. The number of methoxy groups -OCH3 is 1. The lowest BCUT2D eigenvalue weighted by Gasteiger charge is -2.35. The fraction of sp³-hybridized carbons (Fsp3) is 1.00. The van der Waals surface area contributed by atoms with Crippen LogP contribution in [0.3, 0.4) is 0 Å². The highest BCUT2D eigenvalue weighted by Crippen LogP contribution is 2.06. The summed E-state index contributed by atoms with van der Waals surface area (Å²) in [5.74, 6) is 0. The van der Waals surface area contributed by atoms with Crippen molar-refractivity contribution in [3.05, 3.63) is 0 Å². The van der Waals surface area contributed by atoms with Gasteiger partial charge < -0.3 is 14.8 Å². The largest absolute Gasteiger partial charge is 0.385 e. The Morgan fingerprint density at radius 1 is 1.31 bits per heavy atom. The number of rotatable bonds is 8. The zero-order valence-corrected chi connectivity index (χ0v) is 10.7. The molecule has 1 rings (SSSR count). The smallest absolute Gasteiger partial charge is 0.0593 e. The molecule has 96 valence electrons. The van der Waals surface area contributed by atoms with Gasteiger partial charge in [-0.1, -0.05) is 6.92 Å². The van der Waals surface area contributed by atoms with E-state index < -0.39 is 0 Å². The van der Waals surface area contributed by atoms with Gasteiger partial charge in [-0.15, -0.1) is 0 Å². The normalized spacial score (nSPS) is 22.5. The van der Waals surface area contributed by atoms with Gasteiger partial charge in [0.25, 0.3) is 0 Å². The van der Waals surface area contributed by atoms with Crippen LogP contribution in [0, 0.1) is 0 Å². The van der Waals surface area contributed by atoms with Gasteiger partial charge in [0.2, 0.25) is 0 Å². The minimum atomic E-state index is 0.691. The molecule has 1 fully saturated rings. The summed E-state index contributed by atoms with van der Waals surface area (Å²) in [6, 6.07) is 0.691. The van der Waals surface area contributed by atoms with E-state index in [0.29, 0.717) is 6.04 Å². The van der Waals surface area contributed by atoms with Crippen LogP contribution in [0.15, 0.2) is 0 Å². The summed E-state index contributed by atoms with van der Waals surface area (Å²) in [4.78, 5) is 2.53. The van der Waals surface area contributed by atoms with Gasteiger partial charge in [-0.25, -0.2) is 0 Å². The Balaban J connectivity index is 2.02. The van der Waals surface area contributed by atoms with Crippen molar-refractivity contribution in [2.24, 2.45) is 0 Å². The van der Waals surface area contributed by atoms with E-state index in [0.717, 1.165) is 52.4 Å². The molecule has 0 aliphatic carbocycles. The second-order valence-corrected chi connectivity index (χ2v) is 4.26. The third-order valence-electron chi connectivity index (χ3n) is 3.10. The Labute approximate surface area is 99.3 Å². The standard InChI is InChI=1S/C12H26N2O2/c1-3-12-11-13-5-6-14(12)7-10-16-9-4-8-15-2/h12-13H,3-11H2,1-2H3. The molecular formula is C12H26N2O2. The van der Waals surface area contributed by atoms with Gasteiger partial charge in [0, 0.05) is 52.5 Å². The summed E-state index contributed by atoms with van der Waals surface area (Å²) in [7, 11) is 1.73. The fourth-order valence-corrected chi connectivity index (χ4v) is 2.09. The Hall–Kier alpha value is -0.160. The summed E-state index contributed by atoms with van der Waals surface area (Å²) in [5, 5.41) is 3.44. The van der Waals surface area contributed by atoms with Crippen molar-refractivity contribution in [2.75, 3.05) is 53.1 Å². The molecule has 1 aliphatic rings. The SMILES string of the molecule is CCC1CNCCN1CCOCCCOC. The zero-order valence-electron chi connectivity index (χ0n) is 10.7. The minimum absolute atomic E-state index is 0.691. The van der Waals surface area contributed by atoms with Crippen LogP contribution >= 0.6 is 0 Å². The number of nitrogens with one attached hydrogen (secondary N) is 1. The topological polar surface area (TPSA) is 33.7 Å². The van der Waals surface area contributed by atoms with Crippen molar-refractivity contribution >= 4 is 0 Å². The Bertz CT molecular complexity index is 167. The average molecular weight is 230 g/mol. The first-order valence-corrected chi connectivity index (χ1v) is 6.40. The van der Waals surface area contributed by atoms with Gasteiger partial charge in [0.1, 0.15) is 0 Å². The van der Waals surface area contributed by atoms with Crippen molar-refractivity contribution in [1.29, 1.82) is 0 Å². The number of hydrogen-bond donors (Lipinski definition) is 1. The molecule has 0 spiro atoms. The van der Waals surface area contributed by atoms with Crippen LogP contribution in [-0.2, 0) is 9.47 Å². The molecule has 0 amide bonds. The van der Waals surface area contributed by atoms with Crippen LogP contribution < -0.4 is 5.32 Å². The molecule has 1 heterocycles. The summed E-state index contributed by atoms with van der Waals surface area (Å²) < 4.78 is 10.6. The molecule has 0 aromatic heterocycles. The van der Waals surface area contributed by atoms with Crippen molar-refractivity contribution in [3.63, 3.8) is 0 Å². The van der Waals surface area contributed by atoms with E-state index in [1.165, 1.54) is 6.42 Å². The van der Waals surface area contributed by atoms with E-state index in [4.69, 9.17) is 9.47 Å². The van der Waals surface area contributed by atoms with Crippen LogP contribution in [0.2, 0.25) is 0 Å². The van der Waals surface area contributed by atoms with Crippen LogP contribution in [-0.4, -0.2) is 64.1 Å². The van der Waals surface area contributed by atoms with Gasteiger partial charge in [-0.2, -0.15) is 0 Å². The quantitative estimate of drug-likeness (QED) is 0.623. The third kappa shape index (κ3) is 5.25. The maximum absolute atomic E-state index is 5.59. The highest BCUT2D eigenvalue weighted by Gasteiger charge is 2.19. The summed E-state index contributed by atoms with van der Waals surface area (Å²) >= 11 is 0. The molecule has 1 saturated heterocycles. The van der Waals surface area contributed by atoms with Crippen molar-refractivity contribution in [3.8, 4) is 0 Å². The average Bonchev–Trinajstić information content (AvgIpc) is 2.34. The number of hydrogen-bond acceptors (Lipinski definition) is 4. The molecule has 0 saturated carbocycles. The summed E-state index contributed by atoms with van der Waals surface area (Å²) in [5.41, 5.74) is 0. The van der Waals surface area contributed by atoms with E-state index >= 15 is 0 Å². The predicted octanol–water partition coefficient (Wildman–Crippen LogP) is 0.723. The van der Waals surface area contributed by atoms with Crippen molar-refractivity contribution in [2.45, 2.75) is 25.8 Å². The highest BCUT2D eigenvalue weighted by atomic mass is 16.5. The molecule has 1 N–H and O–H groups in total. The molecule has 4 nitrogen and oxygen atoms in total. The van der Waals surface area contributed by atoms with Crippen LogP contribution in [0.1, 0.15) is 19.8 Å². The van der Waals surface area contributed by atoms with Gasteiger partial charge >= 0.3 is 0 Å². The van der Waals surface area contributed by atoms with Crippen LogP contribution in [0.5, 0.6) is 0 Å². The third-order valence-corrected chi connectivity index (χ3v) is 3.10. The maximum Gasteiger partial charge on any atom is 0.0593 e. The zero-order chi connectivity index (χ0) is 11.6. The van der Waals surface area contributed by atoms with Crippen LogP contribution in [0.4, 0.5) is 0 Å². The maximum atomic E-state index is 5.59. The first-order chi connectivity index (χ1) is 7.88. The van der Waals surface area contributed by atoms with Crippen molar-refractivity contribution in [1.82, 2.24) is 10.2 Å². The van der Waals surface area contributed by atoms with E-state index in [1.54, 1.807) is 7.11 Å². The lowest BCUT2D eigenvalue weighted by atomic mass is 10.1. The van der Waals surface area contributed by atoms with Crippen LogP contribution in [0.25, 0.3) is 0 Å². The molecule has 0 aromatic rings. The molecule has 4 heteroatoms. The first kappa shape index (κ1) is 13.9. The minimum Gasteiger partial charge on any atom is -0.385 e. The molecule has 1 unspecified atom stereocenters. The Morgan fingerprint density at radius 3 is 2.94 bits per heavy atom. The molecule has 0 aromatic carbocycles. The van der Waals surface area contributed by atoms with Gasteiger partial charge in [0.15, 0.2) is 0 Å². The van der Waals surface area contributed by atoms with E-state index in [9.17, 15) is 0 Å². The number of piperazine rings is 1. The monoisotopic (exact) mass is 230 g/mol. The van der Waals surface area contributed by atoms with E-state index in [2.05, 4.69) is 17.1 Å². The van der Waals surface area contributed by atoms with Crippen molar-refractivity contribution < 1.29 is 9.47 Å². The molecule has 1 aliphatic heterocycles. The summed E-state index contributed by atoms with van der Waals surface area (Å²) in [6.45, 7) is 9.17. The van der Waals surface area contributed by atoms with Gasteiger partial charge in [0.05, 0.1) is 6.61 Å². The lowest BCUT2D eigenvalue weighted by molar-refractivity contribution is 0.0642. The fourth-order valence-electron chi connectivity index (χ4n) is 2.09. The molecule has 0 bridgehead atoms. The second kappa shape index (κ2) is 8.93. The molecule has 16 heavy (non-hydrogen) atoms. The second-order valence-electron chi connectivity index (χ2n) is 4.26. The summed E-state index contributed by atoms with van der Waals surface area (Å²) in [6.07, 6.45) is 2.21. The van der Waals surface area contributed by atoms with E-state index in [1.807, 2.05) is 0 Å². The molecule has 1 atom stereocenters. The highest BCUT2D eigenvalue weighted by molar-refractivity contribution is 4.78.